The molecule has 5 heteroatoms. The Kier molecular flexibility index (Phi) is 4.29. The lowest BCUT2D eigenvalue weighted by molar-refractivity contribution is 0.0818. The molecule has 0 saturated heterocycles. The Morgan fingerprint density at radius 2 is 1.86 bits per heavy atom. The number of ether oxygens (including phenoxy) is 2. The van der Waals surface area contributed by atoms with Crippen LogP contribution in [-0.4, -0.2) is 36.4 Å². The maximum atomic E-state index is 12.3. The molecule has 5 nitrogen and oxygen atoms in total. The van der Waals surface area contributed by atoms with Gasteiger partial charge in [-0.1, -0.05) is 19.3 Å². The smallest absolute Gasteiger partial charge is 0.251 e. The van der Waals surface area contributed by atoms with Gasteiger partial charge >= 0.3 is 0 Å². The van der Waals surface area contributed by atoms with Gasteiger partial charge in [0.05, 0.1) is 12.1 Å². The molecule has 1 aliphatic heterocycles. The van der Waals surface area contributed by atoms with Crippen LogP contribution in [0.5, 0.6) is 11.5 Å². The number of benzene rings is 1. The lowest BCUT2D eigenvalue weighted by atomic mass is 10.1. The van der Waals surface area contributed by atoms with Gasteiger partial charge in [0.15, 0.2) is 11.5 Å². The summed E-state index contributed by atoms with van der Waals surface area (Å²) < 4.78 is 10.9. The van der Waals surface area contributed by atoms with Crippen LogP contribution < -0.4 is 14.8 Å². The largest absolute Gasteiger partial charge is 0.486 e. The van der Waals surface area contributed by atoms with E-state index in [4.69, 9.17) is 9.47 Å². The fourth-order valence-corrected chi connectivity index (χ4v) is 2.89. The number of aliphatic hydroxyl groups is 1. The van der Waals surface area contributed by atoms with Gasteiger partial charge < -0.3 is 19.9 Å². The Balaban J connectivity index is 1.69. The molecule has 1 fully saturated rings. The molecule has 0 bridgehead atoms. The highest BCUT2D eigenvalue weighted by atomic mass is 16.6. The van der Waals surface area contributed by atoms with Crippen LogP contribution in [0.15, 0.2) is 18.2 Å². The van der Waals surface area contributed by atoms with Gasteiger partial charge in [0, 0.05) is 5.56 Å². The minimum Gasteiger partial charge on any atom is -0.486 e. The van der Waals surface area contributed by atoms with Crippen molar-refractivity contribution in [1.29, 1.82) is 0 Å². The first kappa shape index (κ1) is 14.2. The molecule has 114 valence electrons. The SMILES string of the molecule is O=C(NC1CCCCCC1O)c1ccc2c(c1)OCCO2. The van der Waals surface area contributed by atoms with Crippen LogP contribution in [0.1, 0.15) is 42.5 Å². The van der Waals surface area contributed by atoms with Crippen LogP contribution >= 0.6 is 0 Å². The molecular weight excluding hydrogens is 270 g/mol. The lowest BCUT2D eigenvalue weighted by Gasteiger charge is -2.22. The molecule has 1 aromatic carbocycles. The van der Waals surface area contributed by atoms with Crippen molar-refractivity contribution in [2.45, 2.75) is 44.2 Å². The molecule has 2 unspecified atom stereocenters. The Labute approximate surface area is 124 Å². The average Bonchev–Trinajstić information content (AvgIpc) is 2.72. The lowest BCUT2D eigenvalue weighted by Crippen LogP contribution is -2.42. The Morgan fingerprint density at radius 1 is 1.10 bits per heavy atom. The quantitative estimate of drug-likeness (QED) is 0.816. The molecule has 0 aromatic heterocycles. The van der Waals surface area contributed by atoms with Crippen molar-refractivity contribution in [3.8, 4) is 11.5 Å². The van der Waals surface area contributed by atoms with Gasteiger partial charge in [-0.15, -0.1) is 0 Å². The van der Waals surface area contributed by atoms with E-state index in [1.807, 2.05) is 0 Å². The maximum Gasteiger partial charge on any atom is 0.251 e. The molecule has 1 aliphatic carbocycles. The molecule has 1 amide bonds. The van der Waals surface area contributed by atoms with E-state index in [1.54, 1.807) is 18.2 Å². The van der Waals surface area contributed by atoms with Crippen molar-refractivity contribution in [2.75, 3.05) is 13.2 Å². The third-order valence-corrected chi connectivity index (χ3v) is 4.10. The Morgan fingerprint density at radius 3 is 2.71 bits per heavy atom. The minimum atomic E-state index is -0.450. The van der Waals surface area contributed by atoms with Crippen LogP contribution in [-0.2, 0) is 0 Å². The predicted octanol–water partition coefficient (Wildman–Crippen LogP) is 1.88. The van der Waals surface area contributed by atoms with Crippen LogP contribution in [0.4, 0.5) is 0 Å². The highest BCUT2D eigenvalue weighted by molar-refractivity contribution is 5.95. The van der Waals surface area contributed by atoms with E-state index in [9.17, 15) is 9.90 Å². The molecule has 1 saturated carbocycles. The molecule has 21 heavy (non-hydrogen) atoms. The van der Waals surface area contributed by atoms with E-state index in [1.165, 1.54) is 0 Å². The normalized spacial score (nSPS) is 25.0. The van der Waals surface area contributed by atoms with E-state index in [-0.39, 0.29) is 11.9 Å². The number of hydrogen-bond acceptors (Lipinski definition) is 4. The molecule has 2 aliphatic rings. The Bertz CT molecular complexity index is 517. The number of fused-ring (bicyclic) bond motifs is 1. The van der Waals surface area contributed by atoms with E-state index < -0.39 is 6.10 Å². The van der Waals surface area contributed by atoms with Gasteiger partial charge in [0.2, 0.25) is 0 Å². The molecule has 0 spiro atoms. The third-order valence-electron chi connectivity index (χ3n) is 4.10. The number of hydrogen-bond donors (Lipinski definition) is 2. The summed E-state index contributed by atoms with van der Waals surface area (Å²) in [6, 6.07) is 5.03. The van der Waals surface area contributed by atoms with Crippen LogP contribution in [0.2, 0.25) is 0 Å². The summed E-state index contributed by atoms with van der Waals surface area (Å²) >= 11 is 0. The second-order valence-electron chi connectivity index (χ2n) is 5.64. The number of aliphatic hydroxyl groups excluding tert-OH is 1. The summed E-state index contributed by atoms with van der Waals surface area (Å²) in [5.74, 6) is 1.11. The molecule has 2 N–H and O–H groups in total. The predicted molar refractivity (Wildman–Crippen MR) is 77.8 cm³/mol. The van der Waals surface area contributed by atoms with E-state index >= 15 is 0 Å². The molecular formula is C16H21NO4. The molecule has 1 aromatic rings. The zero-order chi connectivity index (χ0) is 14.7. The van der Waals surface area contributed by atoms with Crippen LogP contribution in [0, 0.1) is 0 Å². The summed E-state index contributed by atoms with van der Waals surface area (Å²) in [5.41, 5.74) is 0.538. The maximum absolute atomic E-state index is 12.3. The van der Waals surface area contributed by atoms with Crippen molar-refractivity contribution >= 4 is 5.91 Å². The fraction of sp³-hybridized carbons (Fsp3) is 0.562. The summed E-state index contributed by atoms with van der Waals surface area (Å²) in [6.45, 7) is 1.03. The molecule has 1 heterocycles. The van der Waals surface area contributed by atoms with E-state index in [0.717, 1.165) is 32.1 Å². The van der Waals surface area contributed by atoms with Crippen molar-refractivity contribution in [3.63, 3.8) is 0 Å². The van der Waals surface area contributed by atoms with E-state index in [2.05, 4.69) is 5.32 Å². The number of carbonyl (C=O) groups is 1. The first-order chi connectivity index (χ1) is 10.2. The van der Waals surface area contributed by atoms with Gasteiger partial charge in [-0.3, -0.25) is 4.79 Å². The van der Waals surface area contributed by atoms with Crippen molar-refractivity contribution in [1.82, 2.24) is 5.32 Å². The highest BCUT2D eigenvalue weighted by Crippen LogP contribution is 2.30. The molecule has 0 radical (unpaired) electrons. The zero-order valence-electron chi connectivity index (χ0n) is 12.0. The first-order valence-electron chi connectivity index (χ1n) is 7.62. The zero-order valence-corrected chi connectivity index (χ0v) is 12.0. The standard InChI is InChI=1S/C16H21NO4/c18-13-5-3-1-2-4-12(13)17-16(19)11-6-7-14-15(10-11)21-9-8-20-14/h6-7,10,12-13,18H,1-5,8-9H2,(H,17,19). The highest BCUT2D eigenvalue weighted by Gasteiger charge is 2.24. The number of nitrogens with one attached hydrogen (secondary N) is 1. The van der Waals surface area contributed by atoms with Crippen molar-refractivity contribution in [2.24, 2.45) is 0 Å². The monoisotopic (exact) mass is 291 g/mol. The summed E-state index contributed by atoms with van der Waals surface area (Å²) in [6.07, 6.45) is 4.33. The molecule has 2 atom stereocenters. The minimum absolute atomic E-state index is 0.159. The Hall–Kier alpha value is -1.75. The third kappa shape index (κ3) is 3.29. The van der Waals surface area contributed by atoms with Gasteiger partial charge in [-0.25, -0.2) is 0 Å². The number of amides is 1. The first-order valence-corrected chi connectivity index (χ1v) is 7.62. The summed E-state index contributed by atoms with van der Waals surface area (Å²) in [7, 11) is 0. The second kappa shape index (κ2) is 6.35. The second-order valence-corrected chi connectivity index (χ2v) is 5.64. The molecule has 3 rings (SSSR count). The van der Waals surface area contributed by atoms with Crippen molar-refractivity contribution in [3.05, 3.63) is 23.8 Å². The van der Waals surface area contributed by atoms with Gasteiger partial charge in [-0.05, 0) is 31.0 Å². The fourth-order valence-electron chi connectivity index (χ4n) is 2.89. The van der Waals surface area contributed by atoms with Crippen molar-refractivity contribution < 1.29 is 19.4 Å². The van der Waals surface area contributed by atoms with Gasteiger partial charge in [0.1, 0.15) is 13.2 Å². The summed E-state index contributed by atoms with van der Waals surface area (Å²) in [4.78, 5) is 12.3. The van der Waals surface area contributed by atoms with Crippen LogP contribution in [0.3, 0.4) is 0 Å². The number of carbonyl (C=O) groups excluding carboxylic acids is 1. The number of rotatable bonds is 2. The summed E-state index contributed by atoms with van der Waals surface area (Å²) in [5, 5.41) is 13.0. The average molecular weight is 291 g/mol. The van der Waals surface area contributed by atoms with Gasteiger partial charge in [-0.2, -0.15) is 0 Å². The topological polar surface area (TPSA) is 67.8 Å². The van der Waals surface area contributed by atoms with Crippen LogP contribution in [0.25, 0.3) is 0 Å². The van der Waals surface area contributed by atoms with E-state index in [0.29, 0.717) is 30.3 Å². The van der Waals surface area contributed by atoms with Gasteiger partial charge in [0.25, 0.3) is 5.91 Å².